The molecule has 0 aliphatic rings. The second-order valence-electron chi connectivity index (χ2n) is 4.08. The number of ether oxygens (including phenoxy) is 1. The van der Waals surface area contributed by atoms with Gasteiger partial charge in [-0.1, -0.05) is 47.5 Å². The Morgan fingerprint density at radius 2 is 1.89 bits per heavy atom. The Hall–Kier alpha value is -1.73. The van der Waals surface area contributed by atoms with Crippen LogP contribution in [0.25, 0.3) is 6.08 Å². The lowest BCUT2D eigenvalue weighted by Crippen LogP contribution is -1.92. The van der Waals surface area contributed by atoms with Crippen molar-refractivity contribution in [3.8, 4) is 5.75 Å². The highest BCUT2D eigenvalue weighted by atomic mass is 35.5. The summed E-state index contributed by atoms with van der Waals surface area (Å²) in [7, 11) is 0. The van der Waals surface area contributed by atoms with E-state index >= 15 is 0 Å². The smallest absolute Gasteiger partial charge is 0.119 e. The minimum atomic E-state index is 0.551. The van der Waals surface area contributed by atoms with Crippen LogP contribution in [0.3, 0.4) is 0 Å². The topological polar surface area (TPSA) is 9.23 Å². The van der Waals surface area contributed by atoms with Crippen LogP contribution < -0.4 is 4.74 Å². The van der Waals surface area contributed by atoms with Crippen molar-refractivity contribution >= 4 is 17.7 Å². The third-order valence-electron chi connectivity index (χ3n) is 2.53. The zero-order valence-corrected chi connectivity index (χ0v) is 11.0. The van der Waals surface area contributed by atoms with E-state index in [0.29, 0.717) is 6.61 Å². The normalized spacial score (nSPS) is 10.8. The third kappa shape index (κ3) is 3.94. The van der Waals surface area contributed by atoms with Gasteiger partial charge in [0.25, 0.3) is 0 Å². The van der Waals surface area contributed by atoms with E-state index in [2.05, 4.69) is 6.92 Å². The highest BCUT2D eigenvalue weighted by molar-refractivity contribution is 6.30. The van der Waals surface area contributed by atoms with Crippen LogP contribution in [-0.2, 0) is 0 Å². The summed E-state index contributed by atoms with van der Waals surface area (Å²) >= 11 is 5.90. The molecule has 2 aromatic rings. The highest BCUT2D eigenvalue weighted by Gasteiger charge is 1.91. The molecule has 1 nitrogen and oxygen atoms in total. The van der Waals surface area contributed by atoms with Crippen LogP contribution in [0, 0.1) is 6.92 Å². The summed E-state index contributed by atoms with van der Waals surface area (Å²) in [6.45, 7) is 2.61. The average Bonchev–Trinajstić information content (AvgIpc) is 2.37. The Labute approximate surface area is 113 Å². The molecule has 2 rings (SSSR count). The third-order valence-corrected chi connectivity index (χ3v) is 2.76. The number of halogens is 1. The van der Waals surface area contributed by atoms with E-state index in [4.69, 9.17) is 16.3 Å². The van der Waals surface area contributed by atoms with Gasteiger partial charge in [-0.2, -0.15) is 0 Å². The molecule has 0 aromatic heterocycles. The maximum Gasteiger partial charge on any atom is 0.119 e. The number of aryl methyl sites for hydroxylation is 1. The molecule has 0 aliphatic heterocycles. The van der Waals surface area contributed by atoms with Crippen molar-refractivity contribution in [1.29, 1.82) is 0 Å². The Morgan fingerprint density at radius 3 is 2.61 bits per heavy atom. The van der Waals surface area contributed by atoms with E-state index in [1.165, 1.54) is 5.56 Å². The first-order valence-corrected chi connectivity index (χ1v) is 6.23. The molecule has 0 fully saturated rings. The lowest BCUT2D eigenvalue weighted by molar-refractivity contribution is 0.363. The van der Waals surface area contributed by atoms with E-state index in [1.54, 1.807) is 0 Å². The van der Waals surface area contributed by atoms with Gasteiger partial charge in [-0.25, -0.2) is 0 Å². The maximum absolute atomic E-state index is 5.90. The van der Waals surface area contributed by atoms with Crippen LogP contribution in [0.5, 0.6) is 5.75 Å². The molecule has 0 atom stereocenters. The Morgan fingerprint density at radius 1 is 1.11 bits per heavy atom. The molecule has 0 spiro atoms. The lowest BCUT2D eigenvalue weighted by Gasteiger charge is -2.02. The minimum Gasteiger partial charge on any atom is -0.490 e. The molecule has 92 valence electrons. The SMILES string of the molecule is Cc1ccc(OC/C=C\c2cccc(Cl)c2)cc1. The van der Waals surface area contributed by atoms with Gasteiger partial charge in [0.1, 0.15) is 12.4 Å². The van der Waals surface area contributed by atoms with Gasteiger partial charge < -0.3 is 4.74 Å². The van der Waals surface area contributed by atoms with Crippen LogP contribution >= 0.6 is 11.6 Å². The van der Waals surface area contributed by atoms with E-state index in [0.717, 1.165) is 16.3 Å². The zero-order valence-electron chi connectivity index (χ0n) is 10.3. The molecule has 0 saturated heterocycles. The van der Waals surface area contributed by atoms with Gasteiger partial charge in [0.15, 0.2) is 0 Å². The number of hydrogen-bond donors (Lipinski definition) is 0. The molecule has 0 heterocycles. The molecule has 0 N–H and O–H groups in total. The fourth-order valence-corrected chi connectivity index (χ4v) is 1.77. The van der Waals surface area contributed by atoms with E-state index in [1.807, 2.05) is 60.7 Å². The summed E-state index contributed by atoms with van der Waals surface area (Å²) < 4.78 is 5.59. The van der Waals surface area contributed by atoms with Crippen LogP contribution in [0.4, 0.5) is 0 Å². The summed E-state index contributed by atoms with van der Waals surface area (Å²) in [5.74, 6) is 0.886. The fraction of sp³-hybridized carbons (Fsp3) is 0.125. The quantitative estimate of drug-likeness (QED) is 0.770. The predicted octanol–water partition coefficient (Wildman–Crippen LogP) is 4.74. The summed E-state index contributed by atoms with van der Waals surface area (Å²) in [4.78, 5) is 0. The van der Waals surface area contributed by atoms with Crippen molar-refractivity contribution in [2.75, 3.05) is 6.61 Å². The Kier molecular flexibility index (Phi) is 4.43. The molecule has 0 unspecified atom stereocenters. The van der Waals surface area contributed by atoms with Crippen LogP contribution in [-0.4, -0.2) is 6.61 Å². The van der Waals surface area contributed by atoms with Gasteiger partial charge in [-0.05, 0) is 42.8 Å². The molecular formula is C16H15ClO. The minimum absolute atomic E-state index is 0.551. The molecule has 0 saturated carbocycles. The molecular weight excluding hydrogens is 244 g/mol. The summed E-state index contributed by atoms with van der Waals surface area (Å²) in [5, 5.41) is 0.747. The monoisotopic (exact) mass is 258 g/mol. The van der Waals surface area contributed by atoms with Crippen molar-refractivity contribution in [1.82, 2.24) is 0 Å². The molecule has 0 bridgehead atoms. The van der Waals surface area contributed by atoms with Gasteiger partial charge in [0.2, 0.25) is 0 Å². The van der Waals surface area contributed by atoms with Crippen molar-refractivity contribution in [3.63, 3.8) is 0 Å². The van der Waals surface area contributed by atoms with Crippen molar-refractivity contribution in [3.05, 3.63) is 70.8 Å². The van der Waals surface area contributed by atoms with Crippen LogP contribution in [0.2, 0.25) is 5.02 Å². The number of benzene rings is 2. The molecule has 0 radical (unpaired) electrons. The largest absolute Gasteiger partial charge is 0.490 e. The number of rotatable bonds is 4. The average molecular weight is 259 g/mol. The van der Waals surface area contributed by atoms with Gasteiger partial charge in [0, 0.05) is 5.02 Å². The van der Waals surface area contributed by atoms with Gasteiger partial charge in [-0.15, -0.1) is 0 Å². The predicted molar refractivity (Wildman–Crippen MR) is 77.2 cm³/mol. The molecule has 18 heavy (non-hydrogen) atoms. The Balaban J connectivity index is 1.87. The van der Waals surface area contributed by atoms with Crippen LogP contribution in [0.15, 0.2) is 54.6 Å². The van der Waals surface area contributed by atoms with Gasteiger partial charge in [-0.3, -0.25) is 0 Å². The lowest BCUT2D eigenvalue weighted by atomic mass is 10.2. The first-order valence-electron chi connectivity index (χ1n) is 5.85. The molecule has 0 aliphatic carbocycles. The van der Waals surface area contributed by atoms with Crippen molar-refractivity contribution in [2.24, 2.45) is 0 Å². The highest BCUT2D eigenvalue weighted by Crippen LogP contribution is 2.13. The molecule has 0 amide bonds. The van der Waals surface area contributed by atoms with E-state index in [-0.39, 0.29) is 0 Å². The first-order chi connectivity index (χ1) is 8.74. The second kappa shape index (κ2) is 6.27. The van der Waals surface area contributed by atoms with E-state index < -0.39 is 0 Å². The van der Waals surface area contributed by atoms with Gasteiger partial charge >= 0.3 is 0 Å². The van der Waals surface area contributed by atoms with E-state index in [9.17, 15) is 0 Å². The first kappa shape index (κ1) is 12.7. The maximum atomic E-state index is 5.90. The fourth-order valence-electron chi connectivity index (χ4n) is 1.57. The summed E-state index contributed by atoms with van der Waals surface area (Å²) in [5.41, 5.74) is 2.31. The molecule has 2 aromatic carbocycles. The number of hydrogen-bond acceptors (Lipinski definition) is 1. The molecule has 2 heteroatoms. The summed E-state index contributed by atoms with van der Waals surface area (Å²) in [6.07, 6.45) is 3.98. The second-order valence-corrected chi connectivity index (χ2v) is 4.52. The van der Waals surface area contributed by atoms with Crippen molar-refractivity contribution in [2.45, 2.75) is 6.92 Å². The standard InChI is InChI=1S/C16H15ClO/c1-13-7-9-16(10-8-13)18-11-3-5-14-4-2-6-15(17)12-14/h2-10,12H,11H2,1H3/b5-3-. The van der Waals surface area contributed by atoms with Crippen LogP contribution in [0.1, 0.15) is 11.1 Å². The Bertz CT molecular complexity index is 529. The van der Waals surface area contributed by atoms with Gasteiger partial charge in [0.05, 0.1) is 0 Å². The zero-order chi connectivity index (χ0) is 12.8. The van der Waals surface area contributed by atoms with Crippen molar-refractivity contribution < 1.29 is 4.74 Å². The summed E-state index contributed by atoms with van der Waals surface area (Å²) in [6, 6.07) is 15.7.